The molecule has 0 spiro atoms. The van der Waals surface area contributed by atoms with Gasteiger partial charge in [-0.1, -0.05) is 182 Å². The van der Waals surface area contributed by atoms with Gasteiger partial charge in [0.05, 0.1) is 22.6 Å². The largest absolute Gasteiger partial charge is 0.247 e. The molecule has 2 aromatic heterocycles. The summed E-state index contributed by atoms with van der Waals surface area (Å²) >= 11 is 0. The van der Waals surface area contributed by atoms with Gasteiger partial charge in [-0.15, -0.1) is 0 Å². The molecule has 9 aromatic carbocycles. The second kappa shape index (κ2) is 14.1. The number of aromatic nitrogens is 3. The van der Waals surface area contributed by atoms with Gasteiger partial charge in [-0.2, -0.15) is 0 Å². The summed E-state index contributed by atoms with van der Waals surface area (Å²) in [6.07, 6.45) is 0. The van der Waals surface area contributed by atoms with Crippen LogP contribution in [-0.4, -0.2) is 15.0 Å². The van der Waals surface area contributed by atoms with Crippen molar-refractivity contribution in [2.24, 2.45) is 0 Å². The molecule has 58 heavy (non-hydrogen) atoms. The van der Waals surface area contributed by atoms with E-state index in [-0.39, 0.29) is 0 Å². The smallest absolute Gasteiger partial charge is 0.160 e. The first-order valence-corrected chi connectivity index (χ1v) is 19.7. The van der Waals surface area contributed by atoms with Gasteiger partial charge in [-0.3, -0.25) is 0 Å². The van der Waals surface area contributed by atoms with E-state index >= 15 is 0 Å². The van der Waals surface area contributed by atoms with Crippen LogP contribution in [-0.2, 0) is 0 Å². The molecule has 0 bridgehead atoms. The van der Waals surface area contributed by atoms with Crippen molar-refractivity contribution in [1.82, 2.24) is 15.0 Å². The normalized spacial score (nSPS) is 11.4. The minimum absolute atomic E-state index is 0.657. The fourth-order valence-electron chi connectivity index (χ4n) is 8.49. The summed E-state index contributed by atoms with van der Waals surface area (Å²) in [5.74, 6) is 0.657. The molecule has 2 heterocycles. The fourth-order valence-corrected chi connectivity index (χ4v) is 8.49. The number of nitrogens with zero attached hydrogens (tertiary/aromatic N) is 3. The summed E-state index contributed by atoms with van der Waals surface area (Å²) in [7, 11) is 0. The molecule has 0 saturated heterocycles. The lowest BCUT2D eigenvalue weighted by atomic mass is 9.90. The first kappa shape index (κ1) is 33.6. The van der Waals surface area contributed by atoms with E-state index in [1.54, 1.807) is 0 Å². The zero-order chi connectivity index (χ0) is 38.4. The molecule has 0 saturated carbocycles. The highest BCUT2D eigenvalue weighted by Gasteiger charge is 2.19. The zero-order valence-electron chi connectivity index (χ0n) is 31.5. The molecule has 11 rings (SSSR count). The van der Waals surface area contributed by atoms with E-state index in [0.717, 1.165) is 77.9 Å². The highest BCUT2D eigenvalue weighted by atomic mass is 14.9. The Balaban J connectivity index is 1.13. The molecule has 0 aliphatic heterocycles. The van der Waals surface area contributed by atoms with Crippen molar-refractivity contribution >= 4 is 43.2 Å². The molecule has 0 N–H and O–H groups in total. The van der Waals surface area contributed by atoms with E-state index in [1.807, 2.05) is 0 Å². The standard InChI is InChI=1S/C55H35N3/c1-3-16-36(17-4-1)38-20-13-22-40(32-38)50-35-51(41-23-14-21-39(33-41)37-18-5-2-6-19-37)58-55(57-50)43-25-15-24-42(34-43)54-53-47-29-10-8-27-45(47)44-26-7-9-28-46(44)52(53)48-30-11-12-31-49(48)56-54/h1-35H. The van der Waals surface area contributed by atoms with Gasteiger partial charge in [0, 0.05) is 38.4 Å². The van der Waals surface area contributed by atoms with Gasteiger partial charge in [0.25, 0.3) is 0 Å². The maximum Gasteiger partial charge on any atom is 0.160 e. The number of fused-ring (bicyclic) bond motifs is 8. The van der Waals surface area contributed by atoms with Crippen LogP contribution in [0.25, 0.3) is 111 Å². The molecular formula is C55H35N3. The predicted octanol–water partition coefficient (Wildman–Crippen LogP) is 14.5. The minimum atomic E-state index is 0.657. The quantitative estimate of drug-likeness (QED) is 0.160. The van der Waals surface area contributed by atoms with Crippen molar-refractivity contribution in [3.8, 4) is 67.4 Å². The van der Waals surface area contributed by atoms with Crippen molar-refractivity contribution in [3.63, 3.8) is 0 Å². The lowest BCUT2D eigenvalue weighted by Gasteiger charge is -2.16. The minimum Gasteiger partial charge on any atom is -0.247 e. The molecule has 3 heteroatoms. The van der Waals surface area contributed by atoms with Crippen molar-refractivity contribution in [1.29, 1.82) is 0 Å². The Bertz CT molecular complexity index is 3230. The maximum atomic E-state index is 5.43. The van der Waals surface area contributed by atoms with Crippen molar-refractivity contribution in [2.45, 2.75) is 0 Å². The van der Waals surface area contributed by atoms with Gasteiger partial charge >= 0.3 is 0 Å². The number of benzene rings is 9. The monoisotopic (exact) mass is 737 g/mol. The number of hydrogen-bond acceptors (Lipinski definition) is 3. The van der Waals surface area contributed by atoms with Crippen LogP contribution >= 0.6 is 0 Å². The molecular weight excluding hydrogens is 703 g/mol. The molecule has 11 aromatic rings. The van der Waals surface area contributed by atoms with Crippen molar-refractivity contribution in [2.75, 3.05) is 0 Å². The molecule has 0 radical (unpaired) electrons. The topological polar surface area (TPSA) is 38.7 Å². The van der Waals surface area contributed by atoms with Gasteiger partial charge < -0.3 is 0 Å². The second-order valence-corrected chi connectivity index (χ2v) is 14.8. The fraction of sp³-hybridized carbons (Fsp3) is 0. The van der Waals surface area contributed by atoms with Crippen LogP contribution in [0.15, 0.2) is 212 Å². The summed E-state index contributed by atoms with van der Waals surface area (Å²) < 4.78 is 0. The van der Waals surface area contributed by atoms with E-state index in [4.69, 9.17) is 15.0 Å². The van der Waals surface area contributed by atoms with Gasteiger partial charge in [-0.05, 0) is 74.1 Å². The lowest BCUT2D eigenvalue weighted by molar-refractivity contribution is 1.18. The Morgan fingerprint density at radius 1 is 0.241 bits per heavy atom. The third-order valence-corrected chi connectivity index (χ3v) is 11.2. The van der Waals surface area contributed by atoms with Crippen LogP contribution in [0.4, 0.5) is 0 Å². The summed E-state index contributed by atoms with van der Waals surface area (Å²) in [4.78, 5) is 16.1. The van der Waals surface area contributed by atoms with Gasteiger partial charge in [0.1, 0.15) is 0 Å². The molecule has 0 fully saturated rings. The number of para-hydroxylation sites is 1. The molecule has 0 amide bonds. The third kappa shape index (κ3) is 5.89. The van der Waals surface area contributed by atoms with E-state index in [1.165, 1.54) is 26.9 Å². The van der Waals surface area contributed by atoms with Crippen LogP contribution in [0.5, 0.6) is 0 Å². The summed E-state index contributed by atoms with van der Waals surface area (Å²) in [5.41, 5.74) is 12.2. The maximum absolute atomic E-state index is 5.43. The SMILES string of the molecule is c1ccc(-c2cccc(-c3cc(-c4cccc(-c5ccccc5)c4)nc(-c4cccc(-c5nc6ccccc6c6c7ccccc7c7ccccc7c56)c4)n3)c2)cc1. The van der Waals surface area contributed by atoms with Gasteiger partial charge in [0.15, 0.2) is 5.82 Å². The highest BCUT2D eigenvalue weighted by Crippen LogP contribution is 2.43. The third-order valence-electron chi connectivity index (χ3n) is 11.2. The van der Waals surface area contributed by atoms with E-state index in [9.17, 15) is 0 Å². The molecule has 0 aliphatic carbocycles. The van der Waals surface area contributed by atoms with Crippen LogP contribution in [0.1, 0.15) is 0 Å². The van der Waals surface area contributed by atoms with Gasteiger partial charge in [0.2, 0.25) is 0 Å². The van der Waals surface area contributed by atoms with Crippen LogP contribution in [0, 0.1) is 0 Å². The van der Waals surface area contributed by atoms with Crippen LogP contribution in [0.3, 0.4) is 0 Å². The molecule has 0 aliphatic rings. The molecule has 0 unspecified atom stereocenters. The van der Waals surface area contributed by atoms with Crippen LogP contribution in [0.2, 0.25) is 0 Å². The van der Waals surface area contributed by atoms with Crippen molar-refractivity contribution in [3.05, 3.63) is 212 Å². The Kier molecular flexibility index (Phi) is 8.15. The summed E-state index contributed by atoms with van der Waals surface area (Å²) in [6, 6.07) is 75.0. The number of pyridine rings is 1. The first-order valence-electron chi connectivity index (χ1n) is 19.7. The Morgan fingerprint density at radius 3 is 1.24 bits per heavy atom. The second-order valence-electron chi connectivity index (χ2n) is 14.8. The molecule has 3 nitrogen and oxygen atoms in total. The Hall–Kier alpha value is -7.75. The average Bonchev–Trinajstić information content (AvgIpc) is 3.31. The number of rotatable bonds is 6. The highest BCUT2D eigenvalue weighted by molar-refractivity contribution is 6.33. The number of hydrogen-bond donors (Lipinski definition) is 0. The van der Waals surface area contributed by atoms with Crippen LogP contribution < -0.4 is 0 Å². The summed E-state index contributed by atoms with van der Waals surface area (Å²) in [5, 5.41) is 8.39. The molecule has 270 valence electrons. The first-order chi connectivity index (χ1) is 28.7. The Labute approximate surface area is 336 Å². The molecule has 0 atom stereocenters. The van der Waals surface area contributed by atoms with Crippen molar-refractivity contribution < 1.29 is 0 Å². The average molecular weight is 738 g/mol. The zero-order valence-corrected chi connectivity index (χ0v) is 31.5. The van der Waals surface area contributed by atoms with Gasteiger partial charge in [-0.25, -0.2) is 15.0 Å². The van der Waals surface area contributed by atoms with E-state index in [2.05, 4.69) is 212 Å². The van der Waals surface area contributed by atoms with E-state index in [0.29, 0.717) is 5.82 Å². The lowest BCUT2D eigenvalue weighted by Crippen LogP contribution is -1.97. The Morgan fingerprint density at radius 2 is 0.655 bits per heavy atom. The summed E-state index contributed by atoms with van der Waals surface area (Å²) in [6.45, 7) is 0. The van der Waals surface area contributed by atoms with E-state index < -0.39 is 0 Å². The predicted molar refractivity (Wildman–Crippen MR) is 242 cm³/mol.